The van der Waals surface area contributed by atoms with Gasteiger partial charge in [0.2, 0.25) is 0 Å². The topological polar surface area (TPSA) is 46.2 Å². The summed E-state index contributed by atoms with van der Waals surface area (Å²) >= 11 is 0. The van der Waals surface area contributed by atoms with Crippen LogP contribution in [0.5, 0.6) is 0 Å². The van der Waals surface area contributed by atoms with Crippen molar-refractivity contribution in [1.29, 1.82) is 0 Å². The highest BCUT2D eigenvalue weighted by atomic mass is 16.3. The first-order valence-corrected chi connectivity index (χ1v) is 6.93. The van der Waals surface area contributed by atoms with Crippen LogP contribution in [0.15, 0.2) is 0 Å². The molecule has 4 saturated carbocycles. The Morgan fingerprint density at radius 1 is 1.12 bits per heavy atom. The first kappa shape index (κ1) is 11.0. The predicted molar refractivity (Wildman–Crippen MR) is 64.9 cm³/mol. The molecule has 3 N–H and O–H groups in total. The maximum atomic E-state index is 10.3. The van der Waals surface area contributed by atoms with Crippen molar-refractivity contribution in [3.8, 4) is 0 Å². The third-order valence-corrected chi connectivity index (χ3v) is 5.36. The first-order valence-electron chi connectivity index (χ1n) is 6.93. The van der Waals surface area contributed by atoms with Crippen LogP contribution in [0.25, 0.3) is 0 Å². The lowest BCUT2D eigenvalue weighted by Crippen LogP contribution is -2.50. The average molecular weight is 223 g/mol. The third-order valence-electron chi connectivity index (χ3n) is 5.36. The average Bonchev–Trinajstić information content (AvgIpc) is 2.13. The molecule has 0 aromatic heterocycles. The van der Waals surface area contributed by atoms with Gasteiger partial charge in [-0.05, 0) is 75.0 Å². The molecule has 2 nitrogen and oxygen atoms in total. The minimum atomic E-state index is -0.633. The summed E-state index contributed by atoms with van der Waals surface area (Å²) in [4.78, 5) is 0. The molecule has 0 aromatic rings. The molecule has 0 spiro atoms. The van der Waals surface area contributed by atoms with E-state index in [-0.39, 0.29) is 0 Å². The van der Waals surface area contributed by atoms with Crippen LogP contribution in [0.2, 0.25) is 0 Å². The molecule has 16 heavy (non-hydrogen) atoms. The van der Waals surface area contributed by atoms with Crippen molar-refractivity contribution < 1.29 is 5.11 Å². The van der Waals surface area contributed by atoms with E-state index in [0.717, 1.165) is 24.2 Å². The van der Waals surface area contributed by atoms with Gasteiger partial charge in [-0.25, -0.2) is 0 Å². The number of hydrogen-bond acceptors (Lipinski definition) is 2. The summed E-state index contributed by atoms with van der Waals surface area (Å²) < 4.78 is 0. The molecule has 0 radical (unpaired) electrons. The van der Waals surface area contributed by atoms with Gasteiger partial charge in [-0.15, -0.1) is 0 Å². The fraction of sp³-hybridized carbons (Fsp3) is 1.00. The summed E-state index contributed by atoms with van der Waals surface area (Å²) in [6, 6.07) is 0. The maximum Gasteiger partial charge on any atom is 0.0746 e. The molecule has 0 aromatic carbocycles. The standard InChI is InChI=1S/C14H25NO/c1-13(16,9-15)8-14-5-10-2-11(6-14)4-12(3-10)7-14/h10-12,16H,2-9,15H2,1H3. The molecule has 4 aliphatic carbocycles. The SMILES string of the molecule is CC(O)(CN)CC12CC3CC(CC(C3)C1)C2. The Hall–Kier alpha value is -0.0800. The van der Waals surface area contributed by atoms with E-state index in [1.165, 1.54) is 38.5 Å². The van der Waals surface area contributed by atoms with Crippen molar-refractivity contribution in [2.24, 2.45) is 28.9 Å². The van der Waals surface area contributed by atoms with Crippen molar-refractivity contribution in [3.05, 3.63) is 0 Å². The minimum Gasteiger partial charge on any atom is -0.389 e. The molecule has 92 valence electrons. The number of aliphatic hydroxyl groups is 1. The molecule has 4 bridgehead atoms. The van der Waals surface area contributed by atoms with Crippen molar-refractivity contribution in [3.63, 3.8) is 0 Å². The largest absolute Gasteiger partial charge is 0.389 e. The Bertz CT molecular complexity index is 249. The second kappa shape index (κ2) is 3.46. The summed E-state index contributed by atoms with van der Waals surface area (Å²) in [5, 5.41) is 10.3. The quantitative estimate of drug-likeness (QED) is 0.771. The van der Waals surface area contributed by atoms with Gasteiger partial charge in [-0.2, -0.15) is 0 Å². The molecular weight excluding hydrogens is 198 g/mol. The molecule has 0 heterocycles. The van der Waals surface area contributed by atoms with Gasteiger partial charge in [0.15, 0.2) is 0 Å². The maximum absolute atomic E-state index is 10.3. The summed E-state index contributed by atoms with van der Waals surface area (Å²) in [6.45, 7) is 2.33. The van der Waals surface area contributed by atoms with Crippen LogP contribution in [0, 0.1) is 23.2 Å². The second-order valence-corrected chi connectivity index (χ2v) is 7.30. The molecule has 4 fully saturated rings. The Morgan fingerprint density at radius 2 is 1.56 bits per heavy atom. The van der Waals surface area contributed by atoms with Crippen LogP contribution in [-0.2, 0) is 0 Å². The lowest BCUT2D eigenvalue weighted by molar-refractivity contribution is -0.0958. The molecule has 4 aliphatic rings. The third kappa shape index (κ3) is 1.80. The summed E-state index contributed by atoms with van der Waals surface area (Å²) in [5.41, 5.74) is 5.51. The van der Waals surface area contributed by atoms with Crippen LogP contribution < -0.4 is 5.73 Å². The number of nitrogens with two attached hydrogens (primary N) is 1. The molecule has 0 aliphatic heterocycles. The van der Waals surface area contributed by atoms with Crippen LogP contribution in [0.3, 0.4) is 0 Å². The van der Waals surface area contributed by atoms with E-state index in [1.54, 1.807) is 0 Å². The van der Waals surface area contributed by atoms with Gasteiger partial charge >= 0.3 is 0 Å². The number of hydrogen-bond donors (Lipinski definition) is 2. The Morgan fingerprint density at radius 3 is 1.94 bits per heavy atom. The highest BCUT2D eigenvalue weighted by molar-refractivity contribution is 5.03. The molecular formula is C14H25NO. The molecule has 2 heteroatoms. The van der Waals surface area contributed by atoms with Gasteiger partial charge in [-0.1, -0.05) is 0 Å². The predicted octanol–water partition coefficient (Wildman–Crippen LogP) is 2.30. The monoisotopic (exact) mass is 223 g/mol. The first-order chi connectivity index (χ1) is 7.50. The molecule has 1 unspecified atom stereocenters. The number of rotatable bonds is 3. The zero-order valence-corrected chi connectivity index (χ0v) is 10.4. The highest BCUT2D eigenvalue weighted by Crippen LogP contribution is 2.62. The zero-order chi connectivity index (χ0) is 11.4. The van der Waals surface area contributed by atoms with Gasteiger partial charge in [-0.3, -0.25) is 0 Å². The zero-order valence-electron chi connectivity index (χ0n) is 10.4. The second-order valence-electron chi connectivity index (χ2n) is 7.30. The van der Waals surface area contributed by atoms with E-state index in [4.69, 9.17) is 5.73 Å². The molecule has 0 amide bonds. The van der Waals surface area contributed by atoms with Gasteiger partial charge < -0.3 is 10.8 Å². The van der Waals surface area contributed by atoms with E-state index < -0.39 is 5.60 Å². The van der Waals surface area contributed by atoms with Gasteiger partial charge in [0, 0.05) is 6.54 Å². The molecule has 4 rings (SSSR count). The van der Waals surface area contributed by atoms with E-state index in [2.05, 4.69) is 0 Å². The lowest BCUT2D eigenvalue weighted by Gasteiger charge is -2.58. The Labute approximate surface area is 98.6 Å². The van der Waals surface area contributed by atoms with Gasteiger partial charge in [0.1, 0.15) is 0 Å². The van der Waals surface area contributed by atoms with E-state index >= 15 is 0 Å². The van der Waals surface area contributed by atoms with Gasteiger partial charge in [0.05, 0.1) is 5.60 Å². The summed E-state index contributed by atoms with van der Waals surface area (Å²) in [5.74, 6) is 2.92. The normalized spacial score (nSPS) is 49.3. The van der Waals surface area contributed by atoms with Crippen molar-refractivity contribution in [2.45, 2.75) is 57.5 Å². The van der Waals surface area contributed by atoms with Crippen molar-refractivity contribution in [2.75, 3.05) is 6.54 Å². The van der Waals surface area contributed by atoms with E-state index in [0.29, 0.717) is 12.0 Å². The smallest absolute Gasteiger partial charge is 0.0746 e. The minimum absolute atomic E-state index is 0.411. The fourth-order valence-electron chi connectivity index (χ4n) is 5.39. The summed E-state index contributed by atoms with van der Waals surface area (Å²) in [6.07, 6.45) is 9.48. The molecule has 1 atom stereocenters. The molecule has 0 saturated heterocycles. The highest BCUT2D eigenvalue weighted by Gasteiger charge is 2.52. The van der Waals surface area contributed by atoms with Gasteiger partial charge in [0.25, 0.3) is 0 Å². The van der Waals surface area contributed by atoms with Crippen molar-refractivity contribution >= 4 is 0 Å². The van der Waals surface area contributed by atoms with Crippen molar-refractivity contribution in [1.82, 2.24) is 0 Å². The summed E-state index contributed by atoms with van der Waals surface area (Å²) in [7, 11) is 0. The van der Waals surface area contributed by atoms with E-state index in [1.807, 2.05) is 6.92 Å². The van der Waals surface area contributed by atoms with Crippen LogP contribution >= 0.6 is 0 Å². The van der Waals surface area contributed by atoms with Crippen LogP contribution in [0.1, 0.15) is 51.9 Å². The van der Waals surface area contributed by atoms with Crippen LogP contribution in [-0.4, -0.2) is 17.3 Å². The Kier molecular flexibility index (Phi) is 2.38. The Balaban J connectivity index is 1.78. The van der Waals surface area contributed by atoms with E-state index in [9.17, 15) is 5.11 Å². The lowest BCUT2D eigenvalue weighted by atomic mass is 9.48. The fourth-order valence-corrected chi connectivity index (χ4v) is 5.39. The van der Waals surface area contributed by atoms with Crippen LogP contribution in [0.4, 0.5) is 0 Å².